The number of fused-ring (bicyclic) bond motifs is 1. The smallest absolute Gasteiger partial charge is 0.268 e. The van der Waals surface area contributed by atoms with Gasteiger partial charge in [0, 0.05) is 17.9 Å². The van der Waals surface area contributed by atoms with E-state index in [0.717, 1.165) is 34.0 Å². The highest BCUT2D eigenvalue weighted by molar-refractivity contribution is 7.99. The molecule has 7 heteroatoms. The molecule has 0 spiro atoms. The van der Waals surface area contributed by atoms with Crippen molar-refractivity contribution in [1.82, 2.24) is 9.55 Å². The number of rotatable bonds is 4. The van der Waals surface area contributed by atoms with Gasteiger partial charge in [-0.3, -0.25) is 9.36 Å². The van der Waals surface area contributed by atoms with Gasteiger partial charge in [-0.1, -0.05) is 59.2 Å². The van der Waals surface area contributed by atoms with Gasteiger partial charge in [0.15, 0.2) is 5.16 Å². The summed E-state index contributed by atoms with van der Waals surface area (Å²) in [5.74, 6) is 1.56. The standard InChI is InChI=1S/C19H14Cl2N2OS2/c20-14-7-6-12(10-15(14)21)11-26-19-22-16-8-9-25-17(16)18(24)23(19)13-4-2-1-3-5-13/h1-7,10H,8-9,11H2. The summed E-state index contributed by atoms with van der Waals surface area (Å²) in [6.45, 7) is 0. The van der Waals surface area contributed by atoms with Crippen LogP contribution >= 0.6 is 46.7 Å². The maximum absolute atomic E-state index is 13.0. The zero-order valence-corrected chi connectivity index (χ0v) is 16.8. The SMILES string of the molecule is O=c1c2c(nc(SCc3ccc(Cl)c(Cl)c3)n1-c1ccccc1)CCS2. The van der Waals surface area contributed by atoms with E-state index in [4.69, 9.17) is 28.2 Å². The molecule has 0 amide bonds. The van der Waals surface area contributed by atoms with E-state index in [9.17, 15) is 4.79 Å². The Morgan fingerprint density at radius 2 is 1.92 bits per heavy atom. The summed E-state index contributed by atoms with van der Waals surface area (Å²) in [6, 6.07) is 15.2. The lowest BCUT2D eigenvalue weighted by Gasteiger charge is -2.13. The Kier molecular flexibility index (Phi) is 5.32. The Hall–Kier alpha value is -1.40. The van der Waals surface area contributed by atoms with E-state index < -0.39 is 0 Å². The molecule has 2 aromatic carbocycles. The highest BCUT2D eigenvalue weighted by Gasteiger charge is 2.22. The van der Waals surface area contributed by atoms with Gasteiger partial charge in [-0.2, -0.15) is 0 Å². The zero-order valence-electron chi connectivity index (χ0n) is 13.6. The van der Waals surface area contributed by atoms with Gasteiger partial charge >= 0.3 is 0 Å². The van der Waals surface area contributed by atoms with Crippen LogP contribution in [0.2, 0.25) is 10.0 Å². The van der Waals surface area contributed by atoms with Gasteiger partial charge in [0.2, 0.25) is 0 Å². The van der Waals surface area contributed by atoms with E-state index in [2.05, 4.69) is 0 Å². The molecule has 3 nitrogen and oxygen atoms in total. The van der Waals surface area contributed by atoms with Crippen molar-refractivity contribution >= 4 is 46.7 Å². The summed E-state index contributed by atoms with van der Waals surface area (Å²) < 4.78 is 1.71. The third-order valence-corrected chi connectivity index (χ3v) is 6.89. The lowest BCUT2D eigenvalue weighted by atomic mass is 10.2. The Morgan fingerprint density at radius 1 is 1.12 bits per heavy atom. The number of hydrogen-bond acceptors (Lipinski definition) is 4. The number of hydrogen-bond donors (Lipinski definition) is 0. The van der Waals surface area contributed by atoms with Crippen LogP contribution in [0.4, 0.5) is 0 Å². The number of aryl methyl sites for hydroxylation is 1. The first-order valence-corrected chi connectivity index (χ1v) is 10.8. The van der Waals surface area contributed by atoms with Crippen LogP contribution in [0.25, 0.3) is 5.69 Å². The average Bonchev–Trinajstić information content (AvgIpc) is 3.12. The lowest BCUT2D eigenvalue weighted by Crippen LogP contribution is -2.23. The fraction of sp³-hybridized carbons (Fsp3) is 0.158. The molecule has 3 aromatic rings. The van der Waals surface area contributed by atoms with E-state index in [1.54, 1.807) is 22.4 Å². The zero-order chi connectivity index (χ0) is 18.1. The van der Waals surface area contributed by atoms with E-state index in [-0.39, 0.29) is 5.56 Å². The first-order valence-electron chi connectivity index (χ1n) is 8.04. The number of aromatic nitrogens is 2. The van der Waals surface area contributed by atoms with Crippen LogP contribution < -0.4 is 5.56 Å². The van der Waals surface area contributed by atoms with Crippen LogP contribution in [0.15, 0.2) is 63.4 Å². The van der Waals surface area contributed by atoms with Crippen molar-refractivity contribution in [3.8, 4) is 5.69 Å². The fourth-order valence-electron chi connectivity index (χ4n) is 2.77. The number of halogens is 2. The molecule has 0 bridgehead atoms. The fourth-order valence-corrected chi connectivity index (χ4v) is 5.09. The van der Waals surface area contributed by atoms with Crippen molar-refractivity contribution in [3.05, 3.63) is 80.2 Å². The molecule has 0 aliphatic carbocycles. The van der Waals surface area contributed by atoms with Crippen molar-refractivity contribution in [2.45, 2.75) is 22.2 Å². The molecule has 1 aliphatic heterocycles. The maximum Gasteiger partial charge on any atom is 0.272 e. The Balaban J connectivity index is 1.74. The summed E-state index contributed by atoms with van der Waals surface area (Å²) in [6.07, 6.45) is 0.838. The predicted molar refractivity (Wildman–Crippen MR) is 110 cm³/mol. The van der Waals surface area contributed by atoms with Crippen LogP contribution in [-0.4, -0.2) is 15.3 Å². The van der Waals surface area contributed by atoms with Crippen LogP contribution in [-0.2, 0) is 12.2 Å². The minimum Gasteiger partial charge on any atom is -0.268 e. The van der Waals surface area contributed by atoms with Crippen molar-refractivity contribution in [2.24, 2.45) is 0 Å². The molecule has 0 saturated heterocycles. The monoisotopic (exact) mass is 420 g/mol. The van der Waals surface area contributed by atoms with E-state index in [1.165, 1.54) is 11.8 Å². The van der Waals surface area contributed by atoms with Crippen LogP contribution in [0.5, 0.6) is 0 Å². The Labute approximate surface area is 169 Å². The second kappa shape index (κ2) is 7.69. The van der Waals surface area contributed by atoms with Gasteiger partial charge in [-0.15, -0.1) is 11.8 Å². The molecule has 0 atom stereocenters. The molecule has 1 aliphatic rings. The number of para-hydroxylation sites is 1. The minimum atomic E-state index is 0.0142. The summed E-state index contributed by atoms with van der Waals surface area (Å²) in [5.41, 5.74) is 2.79. The number of benzene rings is 2. The molecule has 0 unspecified atom stereocenters. The van der Waals surface area contributed by atoms with E-state index in [1.807, 2.05) is 42.5 Å². The normalized spacial score (nSPS) is 13.0. The van der Waals surface area contributed by atoms with Gasteiger partial charge in [-0.05, 0) is 29.8 Å². The van der Waals surface area contributed by atoms with Crippen molar-refractivity contribution < 1.29 is 0 Å². The maximum atomic E-state index is 13.0. The first-order chi connectivity index (χ1) is 12.6. The summed E-state index contributed by atoms with van der Waals surface area (Å²) in [5, 5.41) is 1.77. The molecule has 1 aromatic heterocycles. The highest BCUT2D eigenvalue weighted by atomic mass is 35.5. The minimum absolute atomic E-state index is 0.0142. The second-order valence-electron chi connectivity index (χ2n) is 5.78. The third-order valence-electron chi connectivity index (χ3n) is 4.03. The largest absolute Gasteiger partial charge is 0.272 e. The second-order valence-corrected chi connectivity index (χ2v) is 8.64. The number of nitrogens with zero attached hydrogens (tertiary/aromatic N) is 2. The molecule has 4 rings (SSSR count). The van der Waals surface area contributed by atoms with Crippen molar-refractivity contribution in [3.63, 3.8) is 0 Å². The molecule has 0 N–H and O–H groups in total. The van der Waals surface area contributed by atoms with Gasteiger partial charge in [-0.25, -0.2) is 4.98 Å². The molecule has 132 valence electrons. The predicted octanol–water partition coefficient (Wildman–Crippen LogP) is 5.48. The average molecular weight is 421 g/mol. The molecule has 0 radical (unpaired) electrons. The van der Waals surface area contributed by atoms with Crippen LogP contribution in [0, 0.1) is 0 Å². The lowest BCUT2D eigenvalue weighted by molar-refractivity contribution is 0.739. The Bertz CT molecular complexity index is 1020. The molecule has 0 fully saturated rings. The first kappa shape index (κ1) is 18.0. The van der Waals surface area contributed by atoms with Crippen LogP contribution in [0.3, 0.4) is 0 Å². The summed E-state index contributed by atoms with van der Waals surface area (Å²) in [4.78, 5) is 18.6. The quantitative estimate of drug-likeness (QED) is 0.413. The molecule has 26 heavy (non-hydrogen) atoms. The highest BCUT2D eigenvalue weighted by Crippen LogP contribution is 2.32. The molecule has 0 saturated carbocycles. The molecule has 2 heterocycles. The van der Waals surface area contributed by atoms with Crippen molar-refractivity contribution in [1.29, 1.82) is 0 Å². The molecular formula is C19H14Cl2N2OS2. The van der Waals surface area contributed by atoms with Crippen LogP contribution in [0.1, 0.15) is 11.3 Å². The molecular weight excluding hydrogens is 407 g/mol. The summed E-state index contributed by atoms with van der Waals surface area (Å²) >= 11 is 15.2. The summed E-state index contributed by atoms with van der Waals surface area (Å²) in [7, 11) is 0. The van der Waals surface area contributed by atoms with E-state index in [0.29, 0.717) is 21.0 Å². The number of thioether (sulfide) groups is 2. The Morgan fingerprint density at radius 3 is 2.69 bits per heavy atom. The topological polar surface area (TPSA) is 34.9 Å². The van der Waals surface area contributed by atoms with Gasteiger partial charge in [0.05, 0.1) is 26.3 Å². The van der Waals surface area contributed by atoms with E-state index >= 15 is 0 Å². The van der Waals surface area contributed by atoms with Gasteiger partial charge < -0.3 is 0 Å². The van der Waals surface area contributed by atoms with Gasteiger partial charge in [0.25, 0.3) is 5.56 Å². The third kappa shape index (κ3) is 3.54. The van der Waals surface area contributed by atoms with Gasteiger partial charge in [0.1, 0.15) is 0 Å². The van der Waals surface area contributed by atoms with Crippen molar-refractivity contribution in [2.75, 3.05) is 5.75 Å².